The second kappa shape index (κ2) is 6.61. The molecule has 0 unspecified atom stereocenters. The molecule has 0 atom stereocenters. The van der Waals surface area contributed by atoms with Crippen LogP contribution in [0.4, 0.5) is 8.78 Å². The summed E-state index contributed by atoms with van der Waals surface area (Å²) in [6.07, 6.45) is -2.98. The lowest BCUT2D eigenvalue weighted by atomic mass is 10.3. The second-order valence-electron chi connectivity index (χ2n) is 3.96. The van der Waals surface area contributed by atoms with Crippen molar-refractivity contribution in [3.63, 3.8) is 0 Å². The van der Waals surface area contributed by atoms with Gasteiger partial charge in [-0.15, -0.1) is 5.10 Å². The summed E-state index contributed by atoms with van der Waals surface area (Å²) in [5.41, 5.74) is -1.47. The Balaban J connectivity index is 2.05. The third-order valence-electron chi connectivity index (χ3n) is 2.55. The van der Waals surface area contributed by atoms with E-state index in [0.717, 1.165) is 9.15 Å². The molecule has 0 fully saturated rings. The zero-order valence-corrected chi connectivity index (χ0v) is 12.1. The monoisotopic (exact) mass is 361 g/mol. The first-order valence-electron chi connectivity index (χ1n) is 5.82. The van der Waals surface area contributed by atoms with Gasteiger partial charge in [-0.1, -0.05) is 27.2 Å². The minimum absolute atomic E-state index is 0.0353. The van der Waals surface area contributed by atoms with Gasteiger partial charge in [0.2, 0.25) is 0 Å². The van der Waals surface area contributed by atoms with E-state index < -0.39 is 23.8 Å². The summed E-state index contributed by atoms with van der Waals surface area (Å²) >= 11 is 3.28. The van der Waals surface area contributed by atoms with Crippen LogP contribution in [0.25, 0.3) is 0 Å². The van der Waals surface area contributed by atoms with E-state index in [1.807, 2.05) is 6.07 Å². The van der Waals surface area contributed by atoms with Crippen molar-refractivity contribution in [2.24, 2.45) is 0 Å². The van der Waals surface area contributed by atoms with Crippen molar-refractivity contribution in [2.45, 2.75) is 13.0 Å². The average molecular weight is 362 g/mol. The topological polar surface area (TPSA) is 77.2 Å². The number of hydrogen-bond acceptors (Lipinski definition) is 4. The Bertz CT molecular complexity index is 648. The number of carbonyl (C=O) groups is 1. The molecule has 0 aliphatic carbocycles. The molecule has 0 aliphatic heterocycles. The number of ether oxygens (including phenoxy) is 1. The lowest BCUT2D eigenvalue weighted by molar-refractivity contribution is 0.0675. The molecule has 2 rings (SSSR count). The van der Waals surface area contributed by atoms with Crippen molar-refractivity contribution in [3.8, 4) is 5.75 Å². The van der Waals surface area contributed by atoms with Crippen LogP contribution in [0.15, 0.2) is 28.7 Å². The summed E-state index contributed by atoms with van der Waals surface area (Å²) in [6, 6.07) is 7.02. The van der Waals surface area contributed by atoms with Crippen LogP contribution in [-0.2, 0) is 6.54 Å². The number of hydrogen-bond donors (Lipinski definition) is 1. The molecule has 1 aromatic heterocycles. The molecule has 6 nitrogen and oxygen atoms in total. The lowest BCUT2D eigenvalue weighted by Gasteiger charge is -2.08. The number of carboxylic acid groups (broad SMARTS) is 1. The maximum absolute atomic E-state index is 12.9. The molecule has 1 N–H and O–H groups in total. The van der Waals surface area contributed by atoms with Gasteiger partial charge in [0.1, 0.15) is 18.1 Å². The quantitative estimate of drug-likeness (QED) is 0.855. The van der Waals surface area contributed by atoms with Crippen LogP contribution in [0.2, 0.25) is 0 Å². The molecule has 9 heteroatoms. The number of aromatic nitrogens is 3. The molecule has 1 aromatic carbocycles. The highest BCUT2D eigenvalue weighted by Crippen LogP contribution is 2.22. The van der Waals surface area contributed by atoms with E-state index in [9.17, 15) is 13.6 Å². The Morgan fingerprint density at radius 2 is 2.24 bits per heavy atom. The first kappa shape index (κ1) is 15.4. The van der Waals surface area contributed by atoms with Gasteiger partial charge in [0, 0.05) is 4.47 Å². The number of carboxylic acids is 1. The Kier molecular flexibility index (Phi) is 4.84. The van der Waals surface area contributed by atoms with Gasteiger partial charge in [0.05, 0.1) is 6.54 Å². The molecule has 0 bridgehead atoms. The number of nitrogens with zero attached hydrogens (tertiary/aromatic N) is 3. The molecule has 2 aromatic rings. The summed E-state index contributed by atoms with van der Waals surface area (Å²) in [5.74, 6) is -0.981. The molecular weight excluding hydrogens is 352 g/mol. The van der Waals surface area contributed by atoms with Crippen LogP contribution in [0.3, 0.4) is 0 Å². The third kappa shape index (κ3) is 3.75. The fourth-order valence-corrected chi connectivity index (χ4v) is 2.04. The van der Waals surface area contributed by atoms with Crippen LogP contribution in [0.5, 0.6) is 5.75 Å². The Morgan fingerprint density at radius 3 is 2.86 bits per heavy atom. The van der Waals surface area contributed by atoms with Crippen LogP contribution in [0, 0.1) is 0 Å². The Labute approximate surface area is 126 Å². The summed E-state index contributed by atoms with van der Waals surface area (Å²) in [4.78, 5) is 10.8. The summed E-state index contributed by atoms with van der Waals surface area (Å²) in [7, 11) is 0. The van der Waals surface area contributed by atoms with E-state index in [2.05, 4.69) is 26.2 Å². The van der Waals surface area contributed by atoms with Crippen molar-refractivity contribution in [3.05, 3.63) is 40.1 Å². The summed E-state index contributed by atoms with van der Waals surface area (Å²) in [5, 5.41) is 15.4. The average Bonchev–Trinajstić information content (AvgIpc) is 2.83. The van der Waals surface area contributed by atoms with E-state index in [1.165, 1.54) is 0 Å². The van der Waals surface area contributed by atoms with Crippen molar-refractivity contribution < 1.29 is 23.4 Å². The molecule has 0 radical (unpaired) electrons. The number of alkyl halides is 2. The van der Waals surface area contributed by atoms with Gasteiger partial charge in [-0.25, -0.2) is 18.3 Å². The fraction of sp³-hybridized carbons (Fsp3) is 0.250. The van der Waals surface area contributed by atoms with Crippen molar-refractivity contribution in [1.29, 1.82) is 0 Å². The van der Waals surface area contributed by atoms with E-state index in [1.54, 1.807) is 18.2 Å². The maximum atomic E-state index is 12.9. The van der Waals surface area contributed by atoms with E-state index in [-0.39, 0.29) is 13.2 Å². The molecule has 0 saturated carbocycles. The second-order valence-corrected chi connectivity index (χ2v) is 4.87. The third-order valence-corrected chi connectivity index (χ3v) is 3.04. The standard InChI is InChI=1S/C12H10BrF2N3O3/c13-7-2-1-3-8(6-7)21-5-4-18-10(11(14)15)9(12(19)20)16-17-18/h1-3,6,11H,4-5H2,(H,19,20). The van der Waals surface area contributed by atoms with Crippen LogP contribution in [-0.4, -0.2) is 32.7 Å². The van der Waals surface area contributed by atoms with E-state index in [0.29, 0.717) is 5.75 Å². The predicted molar refractivity (Wildman–Crippen MR) is 71.6 cm³/mol. The highest BCUT2D eigenvalue weighted by atomic mass is 79.9. The molecule has 21 heavy (non-hydrogen) atoms. The van der Waals surface area contributed by atoms with Gasteiger partial charge in [0.25, 0.3) is 6.43 Å². The molecule has 0 spiro atoms. The zero-order chi connectivity index (χ0) is 15.4. The SMILES string of the molecule is O=C(O)c1nnn(CCOc2cccc(Br)c2)c1C(F)F. The molecule has 0 amide bonds. The minimum atomic E-state index is -2.98. The number of rotatable bonds is 6. The van der Waals surface area contributed by atoms with Crippen molar-refractivity contribution in [2.75, 3.05) is 6.61 Å². The number of halogens is 3. The lowest BCUT2D eigenvalue weighted by Crippen LogP contribution is -2.14. The smallest absolute Gasteiger partial charge is 0.358 e. The number of benzene rings is 1. The van der Waals surface area contributed by atoms with Crippen LogP contribution < -0.4 is 4.74 Å². The van der Waals surface area contributed by atoms with Crippen molar-refractivity contribution in [1.82, 2.24) is 15.0 Å². The fourth-order valence-electron chi connectivity index (χ4n) is 1.66. The Hall–Kier alpha value is -2.03. The summed E-state index contributed by atoms with van der Waals surface area (Å²) in [6.45, 7) is 0.0189. The zero-order valence-electron chi connectivity index (χ0n) is 10.5. The normalized spacial score (nSPS) is 10.9. The molecule has 0 saturated heterocycles. The van der Waals surface area contributed by atoms with Gasteiger partial charge in [-0.3, -0.25) is 0 Å². The highest BCUT2D eigenvalue weighted by Gasteiger charge is 2.26. The van der Waals surface area contributed by atoms with Gasteiger partial charge < -0.3 is 9.84 Å². The van der Waals surface area contributed by atoms with Crippen LogP contribution in [0.1, 0.15) is 22.6 Å². The predicted octanol–water partition coefficient (Wildman–Crippen LogP) is 2.76. The van der Waals surface area contributed by atoms with Gasteiger partial charge in [-0.05, 0) is 18.2 Å². The largest absolute Gasteiger partial charge is 0.492 e. The summed E-state index contributed by atoms with van der Waals surface area (Å²) < 4.78 is 32.8. The maximum Gasteiger partial charge on any atom is 0.358 e. The molecule has 1 heterocycles. The molecular formula is C12H10BrF2N3O3. The molecule has 112 valence electrons. The van der Waals surface area contributed by atoms with Crippen LogP contribution >= 0.6 is 15.9 Å². The van der Waals surface area contributed by atoms with Crippen molar-refractivity contribution >= 4 is 21.9 Å². The van der Waals surface area contributed by atoms with Gasteiger partial charge >= 0.3 is 5.97 Å². The molecule has 0 aliphatic rings. The van der Waals surface area contributed by atoms with Gasteiger partial charge in [0.15, 0.2) is 5.69 Å². The minimum Gasteiger partial charge on any atom is -0.492 e. The Morgan fingerprint density at radius 1 is 1.48 bits per heavy atom. The van der Waals surface area contributed by atoms with E-state index >= 15 is 0 Å². The van der Waals surface area contributed by atoms with E-state index in [4.69, 9.17) is 9.84 Å². The van der Waals surface area contributed by atoms with Gasteiger partial charge in [-0.2, -0.15) is 0 Å². The first-order chi connectivity index (χ1) is 9.99. The highest BCUT2D eigenvalue weighted by molar-refractivity contribution is 9.10. The number of aromatic carboxylic acids is 1. The first-order valence-corrected chi connectivity index (χ1v) is 6.61.